The molecule has 22 heavy (non-hydrogen) atoms. The van der Waals surface area contributed by atoms with E-state index in [1.165, 1.54) is 6.08 Å². The molecule has 0 saturated heterocycles. The molecule has 0 fully saturated rings. The maximum atomic E-state index is 12.5. The largest absolute Gasteiger partial charge is 0.416 e. The van der Waals surface area contributed by atoms with Crippen LogP contribution in [0.3, 0.4) is 0 Å². The van der Waals surface area contributed by atoms with Gasteiger partial charge in [0.1, 0.15) is 5.69 Å². The quantitative estimate of drug-likeness (QED) is 0.378. The van der Waals surface area contributed by atoms with Crippen LogP contribution in [0.5, 0.6) is 0 Å². The second kappa shape index (κ2) is 7.25. The van der Waals surface area contributed by atoms with Crippen molar-refractivity contribution >= 4 is 17.3 Å². The van der Waals surface area contributed by atoms with Crippen molar-refractivity contribution < 1.29 is 22.9 Å². The fourth-order valence-electron chi connectivity index (χ4n) is 1.39. The standard InChI is InChI=1S/C13H12F3N3O3/c1-2-3-4-5-12(20)18-17-10-7-6-9(13(14,15)16)8-11(10)19(21)22/h2-8,17H,1H3,(H,18,20). The van der Waals surface area contributed by atoms with Crippen LogP contribution < -0.4 is 10.9 Å². The van der Waals surface area contributed by atoms with Crippen LogP contribution in [0.1, 0.15) is 12.5 Å². The maximum Gasteiger partial charge on any atom is 0.416 e. The molecule has 1 aromatic carbocycles. The van der Waals surface area contributed by atoms with Crippen molar-refractivity contribution in [3.63, 3.8) is 0 Å². The Kier molecular flexibility index (Phi) is 5.67. The van der Waals surface area contributed by atoms with Crippen LogP contribution in [0.15, 0.2) is 42.5 Å². The number of amides is 1. The van der Waals surface area contributed by atoms with Crippen molar-refractivity contribution in [3.8, 4) is 0 Å². The number of allylic oxidation sites excluding steroid dienone is 3. The normalized spacial score (nSPS) is 11.8. The zero-order valence-electron chi connectivity index (χ0n) is 11.3. The number of rotatable bonds is 5. The lowest BCUT2D eigenvalue weighted by atomic mass is 10.1. The number of nitro benzene ring substituents is 1. The lowest BCUT2D eigenvalue weighted by Crippen LogP contribution is -2.28. The molecule has 0 saturated carbocycles. The molecule has 0 spiro atoms. The molecule has 0 unspecified atom stereocenters. The Morgan fingerprint density at radius 2 is 2.00 bits per heavy atom. The summed E-state index contributed by atoms with van der Waals surface area (Å²) in [6.45, 7) is 1.74. The molecular weight excluding hydrogens is 303 g/mol. The summed E-state index contributed by atoms with van der Waals surface area (Å²) in [6.07, 6.45) is 1.14. The van der Waals surface area contributed by atoms with Crippen LogP contribution in [-0.2, 0) is 11.0 Å². The van der Waals surface area contributed by atoms with Gasteiger partial charge in [-0.2, -0.15) is 13.2 Å². The van der Waals surface area contributed by atoms with Gasteiger partial charge in [-0.25, -0.2) is 0 Å². The lowest BCUT2D eigenvalue weighted by Gasteiger charge is -2.10. The van der Waals surface area contributed by atoms with Crippen LogP contribution in [0.25, 0.3) is 0 Å². The maximum absolute atomic E-state index is 12.5. The highest BCUT2D eigenvalue weighted by molar-refractivity contribution is 5.89. The number of nitro groups is 1. The van der Waals surface area contributed by atoms with E-state index in [9.17, 15) is 28.1 Å². The van der Waals surface area contributed by atoms with E-state index in [2.05, 4.69) is 10.9 Å². The van der Waals surface area contributed by atoms with Gasteiger partial charge < -0.3 is 0 Å². The molecule has 0 aromatic heterocycles. The molecule has 6 nitrogen and oxygen atoms in total. The van der Waals surface area contributed by atoms with Gasteiger partial charge in [-0.05, 0) is 19.1 Å². The molecule has 1 aromatic rings. The molecule has 0 atom stereocenters. The molecule has 2 N–H and O–H groups in total. The number of halogens is 3. The van der Waals surface area contributed by atoms with E-state index in [1.807, 2.05) is 0 Å². The predicted molar refractivity (Wildman–Crippen MR) is 73.8 cm³/mol. The molecule has 0 radical (unpaired) electrons. The summed E-state index contributed by atoms with van der Waals surface area (Å²) in [5.41, 5.74) is 2.13. The fourth-order valence-corrected chi connectivity index (χ4v) is 1.39. The van der Waals surface area contributed by atoms with Gasteiger partial charge in [0.25, 0.3) is 11.6 Å². The number of carbonyl (C=O) groups is 1. The highest BCUT2D eigenvalue weighted by atomic mass is 19.4. The van der Waals surface area contributed by atoms with Crippen LogP contribution in [0.2, 0.25) is 0 Å². The highest BCUT2D eigenvalue weighted by Gasteiger charge is 2.33. The van der Waals surface area contributed by atoms with Crippen LogP contribution in [0, 0.1) is 10.1 Å². The Hall–Kier alpha value is -2.84. The SMILES string of the molecule is CC=CC=CC(=O)NNc1ccc(C(F)(F)F)cc1[N+](=O)[O-]. The summed E-state index contributed by atoms with van der Waals surface area (Å²) >= 11 is 0. The molecule has 1 amide bonds. The van der Waals surface area contributed by atoms with Crippen LogP contribution in [-0.4, -0.2) is 10.8 Å². The van der Waals surface area contributed by atoms with Crippen molar-refractivity contribution in [2.75, 3.05) is 5.43 Å². The van der Waals surface area contributed by atoms with Gasteiger partial charge in [-0.15, -0.1) is 0 Å². The van der Waals surface area contributed by atoms with Gasteiger partial charge in [-0.3, -0.25) is 25.8 Å². The Morgan fingerprint density at radius 1 is 1.32 bits per heavy atom. The van der Waals surface area contributed by atoms with E-state index in [-0.39, 0.29) is 5.69 Å². The Labute approximate surface area is 123 Å². The summed E-state index contributed by atoms with van der Waals surface area (Å²) in [7, 11) is 0. The molecule has 0 aliphatic carbocycles. The summed E-state index contributed by atoms with van der Waals surface area (Å²) in [5.74, 6) is -0.618. The lowest BCUT2D eigenvalue weighted by molar-refractivity contribution is -0.384. The Balaban J connectivity index is 2.91. The molecule has 1 rings (SSSR count). The van der Waals surface area contributed by atoms with E-state index >= 15 is 0 Å². The van der Waals surface area contributed by atoms with Gasteiger partial charge in [-0.1, -0.05) is 18.2 Å². The second-order valence-electron chi connectivity index (χ2n) is 3.99. The number of carbonyl (C=O) groups excluding carboxylic acids is 1. The van der Waals surface area contributed by atoms with Gasteiger partial charge in [0, 0.05) is 12.1 Å². The number of nitrogens with zero attached hydrogens (tertiary/aromatic N) is 1. The molecule has 0 heterocycles. The molecule has 118 valence electrons. The van der Waals surface area contributed by atoms with Gasteiger partial charge >= 0.3 is 6.18 Å². The number of hydrogen-bond acceptors (Lipinski definition) is 4. The third-order valence-electron chi connectivity index (χ3n) is 2.39. The van der Waals surface area contributed by atoms with E-state index in [1.54, 1.807) is 19.1 Å². The summed E-state index contributed by atoms with van der Waals surface area (Å²) < 4.78 is 37.6. The highest BCUT2D eigenvalue weighted by Crippen LogP contribution is 2.34. The average molecular weight is 315 g/mol. The van der Waals surface area contributed by atoms with Gasteiger partial charge in [0.2, 0.25) is 0 Å². The molecule has 0 aliphatic heterocycles. The van der Waals surface area contributed by atoms with Gasteiger partial charge in [0.05, 0.1) is 10.5 Å². The zero-order chi connectivity index (χ0) is 16.8. The smallest absolute Gasteiger partial charge is 0.292 e. The predicted octanol–water partition coefficient (Wildman–Crippen LogP) is 3.19. The number of anilines is 1. The number of alkyl halides is 3. The number of hydrogen-bond donors (Lipinski definition) is 2. The minimum atomic E-state index is -4.69. The first kappa shape index (κ1) is 17.2. The van der Waals surface area contributed by atoms with Crippen molar-refractivity contribution in [1.82, 2.24) is 5.43 Å². The Bertz CT molecular complexity index is 625. The first-order chi connectivity index (χ1) is 10.3. The minimum Gasteiger partial charge on any atom is -0.292 e. The van der Waals surface area contributed by atoms with E-state index < -0.39 is 28.3 Å². The van der Waals surface area contributed by atoms with Crippen molar-refractivity contribution in [2.45, 2.75) is 13.1 Å². The van der Waals surface area contributed by atoms with Crippen LogP contribution in [0.4, 0.5) is 24.5 Å². The minimum absolute atomic E-state index is 0.259. The zero-order valence-corrected chi connectivity index (χ0v) is 11.3. The molecular formula is C13H12F3N3O3. The summed E-state index contributed by atoms with van der Waals surface area (Å²) in [5, 5.41) is 10.8. The third-order valence-corrected chi connectivity index (χ3v) is 2.39. The van der Waals surface area contributed by atoms with Crippen LogP contribution >= 0.6 is 0 Å². The van der Waals surface area contributed by atoms with Crippen molar-refractivity contribution in [3.05, 3.63) is 58.2 Å². The van der Waals surface area contributed by atoms with E-state index in [0.717, 1.165) is 12.1 Å². The fraction of sp³-hybridized carbons (Fsp3) is 0.154. The average Bonchev–Trinajstić information content (AvgIpc) is 2.44. The summed E-state index contributed by atoms with van der Waals surface area (Å²) in [4.78, 5) is 21.2. The molecule has 9 heteroatoms. The summed E-state index contributed by atoms with van der Waals surface area (Å²) in [6, 6.07) is 1.94. The number of benzene rings is 1. The second-order valence-corrected chi connectivity index (χ2v) is 3.99. The van der Waals surface area contributed by atoms with E-state index in [4.69, 9.17) is 0 Å². The number of nitrogens with one attached hydrogen (secondary N) is 2. The van der Waals surface area contributed by atoms with Crippen molar-refractivity contribution in [1.29, 1.82) is 0 Å². The van der Waals surface area contributed by atoms with Crippen molar-refractivity contribution in [2.24, 2.45) is 0 Å². The third kappa shape index (κ3) is 4.93. The topological polar surface area (TPSA) is 84.3 Å². The number of hydrazine groups is 1. The molecule has 0 aliphatic rings. The first-order valence-electron chi connectivity index (χ1n) is 5.96. The van der Waals surface area contributed by atoms with E-state index in [0.29, 0.717) is 12.1 Å². The monoisotopic (exact) mass is 315 g/mol. The first-order valence-corrected chi connectivity index (χ1v) is 5.96. The Morgan fingerprint density at radius 3 is 2.55 bits per heavy atom. The molecule has 0 bridgehead atoms. The van der Waals surface area contributed by atoms with Gasteiger partial charge in [0.15, 0.2) is 0 Å².